The average molecular weight is 354 g/mol. The van der Waals surface area contributed by atoms with E-state index in [1.54, 1.807) is 37.5 Å². The molecular formula is C17H14N4O3S. The predicted octanol–water partition coefficient (Wildman–Crippen LogP) is 3.61. The molecule has 0 aliphatic carbocycles. The Morgan fingerprint density at radius 1 is 1.24 bits per heavy atom. The van der Waals surface area contributed by atoms with Gasteiger partial charge in [0.05, 0.1) is 9.83 Å². The van der Waals surface area contributed by atoms with Gasteiger partial charge < -0.3 is 0 Å². The second-order valence-electron chi connectivity index (χ2n) is 5.31. The summed E-state index contributed by atoms with van der Waals surface area (Å²) in [4.78, 5) is 33.4. The maximum Gasteiger partial charge on any atom is 0.269 e. The van der Waals surface area contributed by atoms with E-state index >= 15 is 0 Å². The van der Waals surface area contributed by atoms with Crippen molar-refractivity contribution < 1.29 is 9.72 Å². The van der Waals surface area contributed by atoms with Crippen LogP contribution in [0.25, 0.3) is 5.57 Å². The number of aromatic nitrogens is 1. The number of carbonyl (C=O) groups is 1. The number of nitro benzene ring substituents is 1. The molecule has 0 unspecified atom stereocenters. The van der Waals surface area contributed by atoms with Gasteiger partial charge in [-0.3, -0.25) is 19.8 Å². The molecule has 8 heteroatoms. The van der Waals surface area contributed by atoms with Crippen molar-refractivity contribution in [3.8, 4) is 0 Å². The van der Waals surface area contributed by atoms with Gasteiger partial charge in [-0.1, -0.05) is 6.07 Å². The smallest absolute Gasteiger partial charge is 0.269 e. The number of rotatable bonds is 3. The lowest BCUT2D eigenvalue weighted by atomic mass is 10.1. The lowest BCUT2D eigenvalue weighted by Gasteiger charge is -2.07. The van der Waals surface area contributed by atoms with Gasteiger partial charge in [0.25, 0.3) is 11.6 Å². The van der Waals surface area contributed by atoms with E-state index in [2.05, 4.69) is 9.98 Å². The Kier molecular flexibility index (Phi) is 4.62. The Morgan fingerprint density at radius 2 is 1.96 bits per heavy atom. The molecule has 1 saturated heterocycles. The highest BCUT2D eigenvalue weighted by atomic mass is 32.2. The molecule has 1 amide bonds. The van der Waals surface area contributed by atoms with Crippen LogP contribution in [-0.2, 0) is 4.79 Å². The van der Waals surface area contributed by atoms with Crippen molar-refractivity contribution in [3.05, 3.63) is 69.2 Å². The van der Waals surface area contributed by atoms with Crippen molar-refractivity contribution in [2.75, 3.05) is 7.05 Å². The van der Waals surface area contributed by atoms with Crippen LogP contribution in [0.3, 0.4) is 0 Å². The van der Waals surface area contributed by atoms with E-state index in [9.17, 15) is 14.9 Å². The van der Waals surface area contributed by atoms with Crippen LogP contribution in [0, 0.1) is 10.1 Å². The standard InChI is InChI=1S/C17H14N4O3S/c1-11(12-6-8-13(9-7-12)21(23)24)15-16(22)20(2)17(25-15)19-14-5-3-4-10-18-14/h3-10H,1-2H3/b15-11-,19-17+. The fourth-order valence-corrected chi connectivity index (χ4v) is 3.30. The van der Waals surface area contributed by atoms with Crippen LogP contribution in [-0.4, -0.2) is 32.9 Å². The normalized spacial score (nSPS) is 17.9. The van der Waals surface area contributed by atoms with E-state index in [1.807, 2.05) is 13.0 Å². The van der Waals surface area contributed by atoms with Gasteiger partial charge in [0.2, 0.25) is 0 Å². The fraction of sp³-hybridized carbons (Fsp3) is 0.118. The molecule has 0 spiro atoms. The molecule has 1 fully saturated rings. The molecule has 25 heavy (non-hydrogen) atoms. The summed E-state index contributed by atoms with van der Waals surface area (Å²) in [7, 11) is 1.66. The number of benzene rings is 1. The number of likely N-dealkylation sites (N-methyl/N-ethyl adjacent to an activating group) is 1. The zero-order valence-corrected chi connectivity index (χ0v) is 14.4. The Balaban J connectivity index is 1.94. The zero-order chi connectivity index (χ0) is 18.0. The molecule has 7 nitrogen and oxygen atoms in total. The number of amidine groups is 1. The number of thioether (sulfide) groups is 1. The first kappa shape index (κ1) is 16.8. The van der Waals surface area contributed by atoms with Crippen molar-refractivity contribution in [3.63, 3.8) is 0 Å². The van der Waals surface area contributed by atoms with E-state index in [4.69, 9.17) is 0 Å². The summed E-state index contributed by atoms with van der Waals surface area (Å²) in [6.07, 6.45) is 1.64. The topological polar surface area (TPSA) is 88.7 Å². The first-order valence-electron chi connectivity index (χ1n) is 7.38. The summed E-state index contributed by atoms with van der Waals surface area (Å²) in [5, 5.41) is 11.3. The number of amides is 1. The van der Waals surface area contributed by atoms with Crippen molar-refractivity contribution in [2.24, 2.45) is 4.99 Å². The highest BCUT2D eigenvalue weighted by molar-refractivity contribution is 8.18. The van der Waals surface area contributed by atoms with Gasteiger partial charge in [-0.15, -0.1) is 0 Å². The van der Waals surface area contributed by atoms with Gasteiger partial charge in [-0.25, -0.2) is 9.98 Å². The number of hydrogen-bond donors (Lipinski definition) is 0. The highest BCUT2D eigenvalue weighted by Gasteiger charge is 2.32. The summed E-state index contributed by atoms with van der Waals surface area (Å²) in [5.74, 6) is 0.370. The second kappa shape index (κ2) is 6.86. The molecule has 1 aliphatic heterocycles. The van der Waals surface area contributed by atoms with Gasteiger partial charge in [0.1, 0.15) is 0 Å². The quantitative estimate of drug-likeness (QED) is 0.477. The Hall–Kier alpha value is -3.00. The van der Waals surface area contributed by atoms with Crippen molar-refractivity contribution in [1.29, 1.82) is 0 Å². The number of hydrogen-bond acceptors (Lipinski definition) is 6. The monoisotopic (exact) mass is 354 g/mol. The number of nitrogens with zero attached hydrogens (tertiary/aromatic N) is 4. The molecule has 0 N–H and O–H groups in total. The number of non-ortho nitro benzene ring substituents is 1. The first-order valence-corrected chi connectivity index (χ1v) is 8.20. The average Bonchev–Trinajstić information content (AvgIpc) is 2.90. The summed E-state index contributed by atoms with van der Waals surface area (Å²) in [6.45, 7) is 1.82. The molecular weight excluding hydrogens is 340 g/mol. The minimum absolute atomic E-state index is 0.0153. The third-order valence-corrected chi connectivity index (χ3v) is 4.92. The van der Waals surface area contributed by atoms with Crippen LogP contribution in [0.1, 0.15) is 12.5 Å². The van der Waals surface area contributed by atoms with E-state index < -0.39 is 4.92 Å². The zero-order valence-electron chi connectivity index (χ0n) is 13.5. The minimum atomic E-state index is -0.451. The SMILES string of the molecule is C/C(=C1/S/C(=N/c2ccccn2)N(C)C1=O)c1ccc([N+](=O)[O-])cc1. The summed E-state index contributed by atoms with van der Waals surface area (Å²) in [6, 6.07) is 11.5. The third-order valence-electron chi connectivity index (χ3n) is 3.69. The number of pyridine rings is 1. The molecule has 1 aromatic heterocycles. The van der Waals surface area contributed by atoms with Crippen LogP contribution in [0.5, 0.6) is 0 Å². The molecule has 0 radical (unpaired) electrons. The molecule has 3 rings (SSSR count). The number of aliphatic imine (C=N–C) groups is 1. The molecule has 1 aromatic carbocycles. The first-order chi connectivity index (χ1) is 12.0. The van der Waals surface area contributed by atoms with Gasteiger partial charge >= 0.3 is 0 Å². The van der Waals surface area contributed by atoms with Crippen molar-refractivity contribution in [2.45, 2.75) is 6.92 Å². The summed E-state index contributed by atoms with van der Waals surface area (Å²) in [5.41, 5.74) is 1.53. The number of nitro groups is 1. The van der Waals surface area contributed by atoms with Crippen molar-refractivity contribution in [1.82, 2.24) is 9.88 Å². The van der Waals surface area contributed by atoms with Crippen LogP contribution >= 0.6 is 11.8 Å². The van der Waals surface area contributed by atoms with Gasteiger partial charge in [-0.2, -0.15) is 0 Å². The number of carbonyl (C=O) groups excluding carboxylic acids is 1. The highest BCUT2D eigenvalue weighted by Crippen LogP contribution is 2.36. The van der Waals surface area contributed by atoms with Gasteiger partial charge in [-0.05, 0) is 54.1 Å². The fourth-order valence-electron chi connectivity index (χ4n) is 2.26. The molecule has 0 atom stereocenters. The lowest BCUT2D eigenvalue weighted by Crippen LogP contribution is -2.24. The largest absolute Gasteiger partial charge is 0.289 e. The molecule has 0 bridgehead atoms. The maximum atomic E-state index is 12.5. The third kappa shape index (κ3) is 3.43. The summed E-state index contributed by atoms with van der Waals surface area (Å²) >= 11 is 1.27. The number of allylic oxidation sites excluding steroid dienone is 1. The van der Waals surface area contributed by atoms with E-state index in [1.165, 1.54) is 28.8 Å². The van der Waals surface area contributed by atoms with Crippen LogP contribution in [0.15, 0.2) is 58.6 Å². The van der Waals surface area contributed by atoms with Gasteiger partial charge in [0, 0.05) is 25.4 Å². The maximum absolute atomic E-state index is 12.5. The Labute approximate surface area is 148 Å². The molecule has 2 heterocycles. The molecule has 0 saturated carbocycles. The van der Waals surface area contributed by atoms with E-state index in [0.717, 1.165) is 11.1 Å². The van der Waals surface area contributed by atoms with E-state index in [0.29, 0.717) is 15.9 Å². The Bertz CT molecular complexity index is 892. The molecule has 126 valence electrons. The Morgan fingerprint density at radius 3 is 2.56 bits per heavy atom. The minimum Gasteiger partial charge on any atom is -0.289 e. The van der Waals surface area contributed by atoms with Crippen molar-refractivity contribution >= 4 is 39.9 Å². The summed E-state index contributed by atoms with van der Waals surface area (Å²) < 4.78 is 0. The van der Waals surface area contributed by atoms with Crippen LogP contribution in [0.4, 0.5) is 11.5 Å². The van der Waals surface area contributed by atoms with Crippen LogP contribution < -0.4 is 0 Å². The van der Waals surface area contributed by atoms with Crippen LogP contribution in [0.2, 0.25) is 0 Å². The molecule has 1 aliphatic rings. The lowest BCUT2D eigenvalue weighted by molar-refractivity contribution is -0.384. The van der Waals surface area contributed by atoms with Gasteiger partial charge in [0.15, 0.2) is 11.0 Å². The predicted molar refractivity (Wildman–Crippen MR) is 97.4 cm³/mol. The molecule has 2 aromatic rings. The van der Waals surface area contributed by atoms with E-state index in [-0.39, 0.29) is 11.6 Å². The second-order valence-corrected chi connectivity index (χ2v) is 6.28.